The van der Waals surface area contributed by atoms with Gasteiger partial charge in [-0.3, -0.25) is 0 Å². The van der Waals surface area contributed by atoms with Crippen molar-refractivity contribution in [2.24, 2.45) is 0 Å². The standard InChI is InChI=1S/C29H33F3O4/c1-3-5-7-8-9-11-17-34-23-15-14-22-19-25(28(33)35-26(22)20-23)24-16-13-21(12-10-6-4-2)18-27(24)36-29(30,31)32/h3,13-16,18-20H,1,4-12,17H2,2H3. The van der Waals surface area contributed by atoms with Crippen molar-refractivity contribution in [3.05, 3.63) is 71.1 Å². The number of allylic oxidation sites excluding steroid dienone is 1. The zero-order valence-electron chi connectivity index (χ0n) is 20.7. The fourth-order valence-corrected chi connectivity index (χ4v) is 4.04. The molecule has 1 heterocycles. The lowest BCUT2D eigenvalue weighted by Gasteiger charge is -2.15. The van der Waals surface area contributed by atoms with Crippen molar-refractivity contribution in [2.45, 2.75) is 71.1 Å². The molecule has 1 aromatic heterocycles. The molecule has 0 aliphatic rings. The van der Waals surface area contributed by atoms with Crippen LogP contribution in [0.25, 0.3) is 22.1 Å². The molecule has 0 saturated heterocycles. The molecule has 0 amide bonds. The second kappa shape index (κ2) is 13.2. The van der Waals surface area contributed by atoms with Crippen LogP contribution < -0.4 is 15.1 Å². The topological polar surface area (TPSA) is 48.7 Å². The van der Waals surface area contributed by atoms with Crippen molar-refractivity contribution in [3.8, 4) is 22.6 Å². The third-order valence-electron chi connectivity index (χ3n) is 5.91. The Morgan fingerprint density at radius 3 is 2.50 bits per heavy atom. The fourth-order valence-electron chi connectivity index (χ4n) is 4.04. The molecule has 0 fully saturated rings. The molecule has 0 aliphatic carbocycles. The van der Waals surface area contributed by atoms with Crippen molar-refractivity contribution in [2.75, 3.05) is 6.61 Å². The van der Waals surface area contributed by atoms with Gasteiger partial charge < -0.3 is 13.9 Å². The van der Waals surface area contributed by atoms with E-state index in [1.807, 2.05) is 6.08 Å². The molecule has 0 N–H and O–H groups in total. The summed E-state index contributed by atoms with van der Waals surface area (Å²) in [6, 6.07) is 11.2. The highest BCUT2D eigenvalue weighted by atomic mass is 19.4. The second-order valence-corrected chi connectivity index (χ2v) is 8.82. The zero-order chi connectivity index (χ0) is 26.0. The van der Waals surface area contributed by atoms with Gasteiger partial charge in [-0.1, -0.05) is 50.8 Å². The number of alkyl halides is 3. The Hall–Kier alpha value is -3.22. The van der Waals surface area contributed by atoms with Gasteiger partial charge >= 0.3 is 12.0 Å². The fraction of sp³-hybridized carbons (Fsp3) is 0.414. The Kier molecular flexibility index (Phi) is 10.0. The smallest absolute Gasteiger partial charge is 0.493 e. The summed E-state index contributed by atoms with van der Waals surface area (Å²) in [7, 11) is 0. The Labute approximate surface area is 209 Å². The lowest BCUT2D eigenvalue weighted by atomic mass is 10.00. The van der Waals surface area contributed by atoms with Gasteiger partial charge in [-0.05, 0) is 61.9 Å². The summed E-state index contributed by atoms with van der Waals surface area (Å²) in [4.78, 5) is 12.8. The first-order chi connectivity index (χ1) is 17.3. The van der Waals surface area contributed by atoms with Gasteiger partial charge in [-0.15, -0.1) is 19.8 Å². The highest BCUT2D eigenvalue weighted by Crippen LogP contribution is 2.35. The summed E-state index contributed by atoms with van der Waals surface area (Å²) in [5.41, 5.74) is 0.336. The van der Waals surface area contributed by atoms with Crippen LogP contribution in [0.1, 0.15) is 63.9 Å². The molecule has 0 bridgehead atoms. The molecular weight excluding hydrogens is 469 g/mol. The molecule has 194 valence electrons. The lowest BCUT2D eigenvalue weighted by molar-refractivity contribution is -0.274. The number of hydrogen-bond acceptors (Lipinski definition) is 4. The van der Waals surface area contributed by atoms with Gasteiger partial charge in [-0.2, -0.15) is 0 Å². The summed E-state index contributed by atoms with van der Waals surface area (Å²) in [5, 5.41) is 0.575. The Morgan fingerprint density at radius 1 is 0.944 bits per heavy atom. The Balaban J connectivity index is 1.81. The van der Waals surface area contributed by atoms with E-state index in [2.05, 4.69) is 18.2 Å². The maximum atomic E-state index is 13.1. The number of ether oxygens (including phenoxy) is 2. The van der Waals surface area contributed by atoms with Gasteiger partial charge in [0.1, 0.15) is 17.1 Å². The monoisotopic (exact) mass is 502 g/mol. The molecule has 2 aromatic carbocycles. The minimum atomic E-state index is -4.88. The van der Waals surface area contributed by atoms with E-state index in [1.54, 1.807) is 24.3 Å². The van der Waals surface area contributed by atoms with Crippen LogP contribution in [-0.2, 0) is 6.42 Å². The third-order valence-corrected chi connectivity index (χ3v) is 5.91. The number of halogens is 3. The average molecular weight is 503 g/mol. The number of rotatable bonds is 14. The molecule has 7 heteroatoms. The van der Waals surface area contributed by atoms with Gasteiger partial charge in [0, 0.05) is 17.0 Å². The van der Waals surface area contributed by atoms with Crippen LogP contribution in [0.2, 0.25) is 0 Å². The molecule has 0 saturated carbocycles. The van der Waals surface area contributed by atoms with Crippen molar-refractivity contribution in [3.63, 3.8) is 0 Å². The van der Waals surface area contributed by atoms with Crippen molar-refractivity contribution >= 4 is 11.0 Å². The van der Waals surface area contributed by atoms with Crippen LogP contribution in [0.3, 0.4) is 0 Å². The molecule has 0 spiro atoms. The van der Waals surface area contributed by atoms with E-state index in [-0.39, 0.29) is 11.1 Å². The second-order valence-electron chi connectivity index (χ2n) is 8.82. The van der Waals surface area contributed by atoms with Crippen molar-refractivity contribution < 1.29 is 27.1 Å². The first-order valence-electron chi connectivity index (χ1n) is 12.5. The number of unbranched alkanes of at least 4 members (excludes halogenated alkanes) is 6. The van der Waals surface area contributed by atoms with E-state index in [0.717, 1.165) is 56.9 Å². The maximum Gasteiger partial charge on any atom is 0.573 e. The average Bonchev–Trinajstić information content (AvgIpc) is 2.82. The van der Waals surface area contributed by atoms with Crippen LogP contribution >= 0.6 is 0 Å². The van der Waals surface area contributed by atoms with E-state index in [1.165, 1.54) is 18.2 Å². The van der Waals surface area contributed by atoms with Crippen LogP contribution in [0.15, 0.2) is 64.3 Å². The van der Waals surface area contributed by atoms with Crippen LogP contribution in [-0.4, -0.2) is 13.0 Å². The van der Waals surface area contributed by atoms with Crippen LogP contribution in [0.4, 0.5) is 13.2 Å². The zero-order valence-corrected chi connectivity index (χ0v) is 20.7. The summed E-state index contributed by atoms with van der Waals surface area (Å²) in [6.07, 6.45) is 5.72. The number of hydrogen-bond donors (Lipinski definition) is 0. The molecular formula is C29H33F3O4. The van der Waals surface area contributed by atoms with E-state index in [0.29, 0.717) is 29.7 Å². The largest absolute Gasteiger partial charge is 0.573 e. The van der Waals surface area contributed by atoms with Gasteiger partial charge in [0.25, 0.3) is 0 Å². The number of fused-ring (bicyclic) bond motifs is 1. The predicted octanol–water partition coefficient (Wildman–Crippen LogP) is 8.61. The lowest BCUT2D eigenvalue weighted by Crippen LogP contribution is -2.18. The molecule has 3 rings (SSSR count). The minimum absolute atomic E-state index is 0.00931. The Morgan fingerprint density at radius 2 is 1.75 bits per heavy atom. The quantitative estimate of drug-likeness (QED) is 0.126. The predicted molar refractivity (Wildman–Crippen MR) is 137 cm³/mol. The van der Waals surface area contributed by atoms with Crippen molar-refractivity contribution in [1.82, 2.24) is 0 Å². The summed E-state index contributed by atoms with van der Waals surface area (Å²) < 4.78 is 55.0. The Bertz CT molecular complexity index is 1200. The minimum Gasteiger partial charge on any atom is -0.493 e. The molecule has 36 heavy (non-hydrogen) atoms. The van der Waals surface area contributed by atoms with Gasteiger partial charge in [0.15, 0.2) is 0 Å². The first kappa shape index (κ1) is 27.4. The van der Waals surface area contributed by atoms with E-state index < -0.39 is 17.7 Å². The van der Waals surface area contributed by atoms with Crippen LogP contribution in [0, 0.1) is 0 Å². The third kappa shape index (κ3) is 8.18. The molecule has 0 radical (unpaired) electrons. The molecule has 0 unspecified atom stereocenters. The van der Waals surface area contributed by atoms with E-state index in [4.69, 9.17) is 9.15 Å². The summed E-state index contributed by atoms with van der Waals surface area (Å²) in [5.74, 6) is 0.165. The normalized spacial score (nSPS) is 11.6. The summed E-state index contributed by atoms with van der Waals surface area (Å²) >= 11 is 0. The number of benzene rings is 2. The van der Waals surface area contributed by atoms with Crippen LogP contribution in [0.5, 0.6) is 11.5 Å². The molecule has 0 atom stereocenters. The highest BCUT2D eigenvalue weighted by molar-refractivity contribution is 5.84. The van der Waals surface area contributed by atoms with E-state index >= 15 is 0 Å². The van der Waals surface area contributed by atoms with Gasteiger partial charge in [0.05, 0.1) is 12.2 Å². The molecule has 0 aliphatic heterocycles. The number of aryl methyl sites for hydroxylation is 1. The highest BCUT2D eigenvalue weighted by Gasteiger charge is 2.32. The van der Waals surface area contributed by atoms with Gasteiger partial charge in [0.2, 0.25) is 0 Å². The maximum absolute atomic E-state index is 13.1. The first-order valence-corrected chi connectivity index (χ1v) is 12.5. The SMILES string of the molecule is C=CCCCCCCOc1ccc2cc(-c3ccc(CCCCC)cc3OC(F)(F)F)c(=O)oc2c1. The molecule has 3 aromatic rings. The van der Waals surface area contributed by atoms with E-state index in [9.17, 15) is 18.0 Å². The van der Waals surface area contributed by atoms with Gasteiger partial charge in [-0.25, -0.2) is 4.79 Å². The summed E-state index contributed by atoms with van der Waals surface area (Å²) in [6.45, 7) is 6.32. The molecule has 4 nitrogen and oxygen atoms in total. The van der Waals surface area contributed by atoms with Crippen molar-refractivity contribution in [1.29, 1.82) is 0 Å².